The van der Waals surface area contributed by atoms with Crippen molar-refractivity contribution in [1.29, 1.82) is 0 Å². The lowest BCUT2D eigenvalue weighted by Gasteiger charge is -2.11. The summed E-state index contributed by atoms with van der Waals surface area (Å²) >= 11 is 12.3. The number of carbonyl (C=O) groups excluding carboxylic acids is 1. The third kappa shape index (κ3) is 7.25. The van der Waals surface area contributed by atoms with Crippen LogP contribution in [0, 0.1) is 0 Å². The number of fused-ring (bicyclic) bond motifs is 1. The third-order valence-electron chi connectivity index (χ3n) is 6.06. The Hall–Kier alpha value is -3.02. The number of amides is 1. The molecule has 0 radical (unpaired) electrons. The van der Waals surface area contributed by atoms with Crippen molar-refractivity contribution in [3.8, 4) is 5.75 Å². The first kappa shape index (κ1) is 26.1. The van der Waals surface area contributed by atoms with Crippen LogP contribution in [0.3, 0.4) is 0 Å². The molecule has 188 valence electrons. The second-order valence-corrected chi connectivity index (χ2v) is 9.54. The molecule has 36 heavy (non-hydrogen) atoms. The Morgan fingerprint density at radius 3 is 2.44 bits per heavy atom. The van der Waals surface area contributed by atoms with Crippen molar-refractivity contribution in [3.05, 3.63) is 94.2 Å². The highest BCUT2D eigenvalue weighted by Gasteiger charge is 2.11. The van der Waals surface area contributed by atoms with E-state index in [9.17, 15) is 4.79 Å². The quantitative estimate of drug-likeness (QED) is 0.194. The summed E-state index contributed by atoms with van der Waals surface area (Å²) in [4.78, 5) is 17.1. The number of ether oxygens (including phenoxy) is 1. The maximum atomic E-state index is 12.2. The molecule has 7 heteroatoms. The van der Waals surface area contributed by atoms with Crippen molar-refractivity contribution in [2.75, 3.05) is 13.2 Å². The molecule has 1 heterocycles. The minimum absolute atomic E-state index is 0.00361. The number of nitrogens with one attached hydrogen (secondary N) is 1. The van der Waals surface area contributed by atoms with Crippen LogP contribution >= 0.6 is 23.2 Å². The summed E-state index contributed by atoms with van der Waals surface area (Å²) < 4.78 is 8.17. The molecule has 5 nitrogen and oxygen atoms in total. The first-order chi connectivity index (χ1) is 17.6. The van der Waals surface area contributed by atoms with E-state index in [1.807, 2.05) is 54.6 Å². The standard InChI is InChI=1S/C29H31Cl2N3O2/c30-23-12-4-3-11-22(23)21-29(35)32-18-9-1-2-17-28-33-25-14-6-7-15-26(25)34(28)19-10-20-36-27-16-8-5-13-24(27)31/h3-8,11-16H,1-2,9-10,17-21H2,(H,32,35). The Morgan fingerprint density at radius 1 is 0.861 bits per heavy atom. The van der Waals surface area contributed by atoms with E-state index >= 15 is 0 Å². The van der Waals surface area contributed by atoms with Gasteiger partial charge in [0.15, 0.2) is 0 Å². The number of aryl methyl sites for hydroxylation is 2. The average molecular weight is 524 g/mol. The fourth-order valence-electron chi connectivity index (χ4n) is 4.22. The summed E-state index contributed by atoms with van der Waals surface area (Å²) in [6.45, 7) is 2.08. The van der Waals surface area contributed by atoms with Gasteiger partial charge in [-0.05, 0) is 55.2 Å². The molecule has 1 aromatic heterocycles. The number of unbranched alkanes of at least 4 members (excludes halogenated alkanes) is 2. The van der Waals surface area contributed by atoms with Gasteiger partial charge in [0.25, 0.3) is 0 Å². The Bertz CT molecular complexity index is 1290. The molecule has 3 aromatic carbocycles. The van der Waals surface area contributed by atoms with Crippen molar-refractivity contribution < 1.29 is 9.53 Å². The van der Waals surface area contributed by atoms with Gasteiger partial charge in [-0.15, -0.1) is 0 Å². The van der Waals surface area contributed by atoms with Gasteiger partial charge < -0.3 is 14.6 Å². The van der Waals surface area contributed by atoms with Gasteiger partial charge in [-0.25, -0.2) is 4.98 Å². The topological polar surface area (TPSA) is 56.2 Å². The highest BCUT2D eigenvalue weighted by molar-refractivity contribution is 6.32. The van der Waals surface area contributed by atoms with Crippen molar-refractivity contribution in [3.63, 3.8) is 0 Å². The fraction of sp³-hybridized carbons (Fsp3) is 0.310. The molecule has 1 amide bonds. The van der Waals surface area contributed by atoms with Gasteiger partial charge in [0.2, 0.25) is 5.91 Å². The van der Waals surface area contributed by atoms with E-state index in [4.69, 9.17) is 32.9 Å². The zero-order chi connectivity index (χ0) is 25.2. The third-order valence-corrected chi connectivity index (χ3v) is 6.74. The van der Waals surface area contributed by atoms with Crippen molar-refractivity contribution in [2.45, 2.75) is 45.1 Å². The van der Waals surface area contributed by atoms with E-state index in [-0.39, 0.29) is 5.91 Å². The highest BCUT2D eigenvalue weighted by Crippen LogP contribution is 2.24. The summed E-state index contributed by atoms with van der Waals surface area (Å²) in [7, 11) is 0. The summed E-state index contributed by atoms with van der Waals surface area (Å²) in [6, 6.07) is 23.3. The smallest absolute Gasteiger partial charge is 0.224 e. The lowest BCUT2D eigenvalue weighted by molar-refractivity contribution is -0.120. The van der Waals surface area contributed by atoms with Crippen LogP contribution in [0.4, 0.5) is 0 Å². The molecule has 4 rings (SSSR count). The Morgan fingerprint density at radius 2 is 1.61 bits per heavy atom. The number of hydrogen-bond donors (Lipinski definition) is 1. The van der Waals surface area contributed by atoms with Crippen molar-refractivity contribution in [2.24, 2.45) is 0 Å². The van der Waals surface area contributed by atoms with E-state index in [0.717, 1.165) is 61.1 Å². The number of halogens is 2. The molecule has 0 aliphatic heterocycles. The number of imidazole rings is 1. The van der Waals surface area contributed by atoms with Gasteiger partial charge in [0.1, 0.15) is 11.6 Å². The first-order valence-corrected chi connectivity index (χ1v) is 13.2. The van der Waals surface area contributed by atoms with E-state index in [1.165, 1.54) is 0 Å². The number of hydrogen-bond acceptors (Lipinski definition) is 3. The van der Waals surface area contributed by atoms with Crippen LogP contribution in [0.1, 0.15) is 37.1 Å². The van der Waals surface area contributed by atoms with E-state index in [2.05, 4.69) is 28.1 Å². The Kier molecular flexibility index (Phi) is 9.65. The van der Waals surface area contributed by atoms with Gasteiger partial charge in [-0.2, -0.15) is 0 Å². The van der Waals surface area contributed by atoms with Crippen molar-refractivity contribution >= 4 is 40.1 Å². The zero-order valence-electron chi connectivity index (χ0n) is 20.3. The Labute approximate surface area is 222 Å². The van der Waals surface area contributed by atoms with Gasteiger partial charge >= 0.3 is 0 Å². The maximum Gasteiger partial charge on any atom is 0.224 e. The molecule has 0 atom stereocenters. The number of rotatable bonds is 13. The maximum absolute atomic E-state index is 12.2. The first-order valence-electron chi connectivity index (χ1n) is 12.4. The van der Waals surface area contributed by atoms with E-state index in [0.29, 0.717) is 35.4 Å². The number of para-hydroxylation sites is 3. The fourth-order valence-corrected chi connectivity index (χ4v) is 4.62. The molecule has 0 aliphatic rings. The van der Waals surface area contributed by atoms with Crippen LogP contribution in [0.2, 0.25) is 10.0 Å². The lowest BCUT2D eigenvalue weighted by Crippen LogP contribution is -2.26. The normalized spacial score (nSPS) is 11.1. The molecular formula is C29H31Cl2N3O2. The minimum Gasteiger partial charge on any atom is -0.492 e. The summed E-state index contributed by atoms with van der Waals surface area (Å²) in [5.74, 6) is 1.81. The summed E-state index contributed by atoms with van der Waals surface area (Å²) in [5.41, 5.74) is 3.02. The molecule has 0 unspecified atom stereocenters. The molecule has 0 fully saturated rings. The Balaban J connectivity index is 1.22. The van der Waals surface area contributed by atoms with Crippen LogP contribution in [0.15, 0.2) is 72.8 Å². The number of aromatic nitrogens is 2. The molecule has 0 spiro atoms. The molecule has 1 N–H and O–H groups in total. The second-order valence-electron chi connectivity index (χ2n) is 8.73. The van der Waals surface area contributed by atoms with E-state index in [1.54, 1.807) is 0 Å². The molecule has 4 aromatic rings. The van der Waals surface area contributed by atoms with Gasteiger partial charge in [-0.3, -0.25) is 4.79 Å². The van der Waals surface area contributed by atoms with Crippen LogP contribution in [0.25, 0.3) is 11.0 Å². The van der Waals surface area contributed by atoms with Crippen LogP contribution < -0.4 is 10.1 Å². The molecule has 0 saturated heterocycles. The van der Waals surface area contributed by atoms with Gasteiger partial charge in [0, 0.05) is 24.5 Å². The molecular weight excluding hydrogens is 493 g/mol. The van der Waals surface area contributed by atoms with E-state index < -0.39 is 0 Å². The minimum atomic E-state index is 0.00361. The molecule has 0 saturated carbocycles. The second kappa shape index (κ2) is 13.3. The predicted molar refractivity (Wildman–Crippen MR) is 147 cm³/mol. The molecule has 0 aliphatic carbocycles. The highest BCUT2D eigenvalue weighted by atomic mass is 35.5. The monoisotopic (exact) mass is 523 g/mol. The number of carbonyl (C=O) groups is 1. The van der Waals surface area contributed by atoms with Gasteiger partial charge in [-0.1, -0.05) is 72.1 Å². The van der Waals surface area contributed by atoms with Crippen LogP contribution in [0.5, 0.6) is 5.75 Å². The summed E-state index contributed by atoms with van der Waals surface area (Å²) in [6.07, 6.45) is 5.03. The van der Waals surface area contributed by atoms with Gasteiger partial charge in [0.05, 0.1) is 29.1 Å². The number of nitrogens with zero attached hydrogens (tertiary/aromatic N) is 2. The zero-order valence-corrected chi connectivity index (χ0v) is 21.8. The van der Waals surface area contributed by atoms with Crippen LogP contribution in [-0.2, 0) is 24.2 Å². The summed E-state index contributed by atoms with van der Waals surface area (Å²) in [5, 5.41) is 4.26. The van der Waals surface area contributed by atoms with Crippen LogP contribution in [-0.4, -0.2) is 28.6 Å². The SMILES string of the molecule is O=C(Cc1ccccc1Cl)NCCCCCc1nc2ccccc2n1CCCOc1ccccc1Cl. The predicted octanol–water partition coefficient (Wildman–Crippen LogP) is 6.88. The van der Waals surface area contributed by atoms with Crippen molar-refractivity contribution in [1.82, 2.24) is 14.9 Å². The largest absolute Gasteiger partial charge is 0.492 e. The lowest BCUT2D eigenvalue weighted by atomic mass is 10.1. The molecule has 0 bridgehead atoms. The number of benzene rings is 3. The average Bonchev–Trinajstić information content (AvgIpc) is 3.23.